The SMILES string of the molecule is Cc1ccc(Br)c(NC(=O)Cc2ccccc2N)c1. The number of hydrogen-bond acceptors (Lipinski definition) is 2. The topological polar surface area (TPSA) is 55.1 Å². The maximum atomic E-state index is 12.0. The van der Waals surface area contributed by atoms with Gasteiger partial charge in [0.2, 0.25) is 5.91 Å². The quantitative estimate of drug-likeness (QED) is 0.851. The predicted molar refractivity (Wildman–Crippen MR) is 82.1 cm³/mol. The van der Waals surface area contributed by atoms with Gasteiger partial charge in [0, 0.05) is 10.2 Å². The number of hydrogen-bond donors (Lipinski definition) is 2. The summed E-state index contributed by atoms with van der Waals surface area (Å²) in [7, 11) is 0. The van der Waals surface area contributed by atoms with Crippen LogP contribution in [0, 0.1) is 6.92 Å². The van der Waals surface area contributed by atoms with Crippen LogP contribution in [0.4, 0.5) is 11.4 Å². The van der Waals surface area contributed by atoms with Crippen molar-refractivity contribution in [1.29, 1.82) is 0 Å². The summed E-state index contributed by atoms with van der Waals surface area (Å²) in [5.74, 6) is -0.0794. The van der Waals surface area contributed by atoms with E-state index in [1.54, 1.807) is 6.07 Å². The summed E-state index contributed by atoms with van der Waals surface area (Å²) in [6, 6.07) is 13.2. The molecule has 2 aromatic carbocycles. The number of carbonyl (C=O) groups is 1. The van der Waals surface area contributed by atoms with Crippen molar-refractivity contribution in [3.05, 3.63) is 58.1 Å². The molecule has 2 rings (SSSR count). The molecule has 3 N–H and O–H groups in total. The van der Waals surface area contributed by atoms with Crippen molar-refractivity contribution in [1.82, 2.24) is 0 Å². The largest absolute Gasteiger partial charge is 0.398 e. The molecule has 0 saturated carbocycles. The van der Waals surface area contributed by atoms with Crippen molar-refractivity contribution in [2.24, 2.45) is 0 Å². The normalized spacial score (nSPS) is 10.2. The number of rotatable bonds is 3. The Balaban J connectivity index is 2.10. The summed E-state index contributed by atoms with van der Waals surface area (Å²) in [5.41, 5.74) is 9.18. The highest BCUT2D eigenvalue weighted by atomic mass is 79.9. The average Bonchev–Trinajstić information content (AvgIpc) is 2.37. The van der Waals surface area contributed by atoms with Crippen molar-refractivity contribution >= 4 is 33.2 Å². The van der Waals surface area contributed by atoms with Crippen LogP contribution in [-0.4, -0.2) is 5.91 Å². The van der Waals surface area contributed by atoms with Crippen LogP contribution >= 0.6 is 15.9 Å². The maximum absolute atomic E-state index is 12.0. The highest BCUT2D eigenvalue weighted by Crippen LogP contribution is 2.23. The van der Waals surface area contributed by atoms with Crippen molar-refractivity contribution in [2.45, 2.75) is 13.3 Å². The zero-order chi connectivity index (χ0) is 13.8. The summed E-state index contributed by atoms with van der Waals surface area (Å²) in [5, 5.41) is 2.89. The Bertz CT molecular complexity index is 611. The summed E-state index contributed by atoms with van der Waals surface area (Å²) in [6.45, 7) is 1.98. The zero-order valence-electron chi connectivity index (χ0n) is 10.6. The lowest BCUT2D eigenvalue weighted by molar-refractivity contribution is -0.115. The molecule has 0 aromatic heterocycles. The number of anilines is 2. The standard InChI is InChI=1S/C15H15BrN2O/c1-10-6-7-12(16)14(8-10)18-15(19)9-11-4-2-3-5-13(11)17/h2-8H,9,17H2,1H3,(H,18,19). The number of aryl methyl sites for hydroxylation is 1. The Hall–Kier alpha value is -1.81. The number of carbonyl (C=O) groups excluding carboxylic acids is 1. The Morgan fingerprint density at radius 3 is 2.74 bits per heavy atom. The second kappa shape index (κ2) is 5.89. The molecule has 0 atom stereocenters. The predicted octanol–water partition coefficient (Wildman–Crippen LogP) is 3.52. The highest BCUT2D eigenvalue weighted by molar-refractivity contribution is 9.10. The van der Waals surface area contributed by atoms with Gasteiger partial charge >= 0.3 is 0 Å². The third kappa shape index (κ3) is 3.58. The fraction of sp³-hybridized carbons (Fsp3) is 0.133. The molecule has 0 unspecified atom stereocenters. The van der Waals surface area contributed by atoms with Crippen LogP contribution in [0.25, 0.3) is 0 Å². The fourth-order valence-electron chi connectivity index (χ4n) is 1.80. The number of para-hydroxylation sites is 1. The third-order valence-electron chi connectivity index (χ3n) is 2.80. The van der Waals surface area contributed by atoms with E-state index in [0.29, 0.717) is 5.69 Å². The molecule has 0 saturated heterocycles. The monoisotopic (exact) mass is 318 g/mol. The lowest BCUT2D eigenvalue weighted by Gasteiger charge is -2.09. The Labute approximate surface area is 121 Å². The lowest BCUT2D eigenvalue weighted by atomic mass is 10.1. The molecule has 0 fully saturated rings. The van der Waals surface area contributed by atoms with Crippen LogP contribution in [0.3, 0.4) is 0 Å². The van der Waals surface area contributed by atoms with E-state index in [9.17, 15) is 4.79 Å². The first-order chi connectivity index (χ1) is 9.06. The first-order valence-corrected chi connectivity index (χ1v) is 6.75. The van der Waals surface area contributed by atoms with E-state index >= 15 is 0 Å². The summed E-state index contributed by atoms with van der Waals surface area (Å²) in [4.78, 5) is 12.0. The van der Waals surface area contributed by atoms with Gasteiger partial charge in [-0.05, 0) is 52.2 Å². The van der Waals surface area contributed by atoms with Crippen molar-refractivity contribution in [3.8, 4) is 0 Å². The van der Waals surface area contributed by atoms with Crippen LogP contribution in [-0.2, 0) is 11.2 Å². The summed E-state index contributed by atoms with van der Waals surface area (Å²) < 4.78 is 0.868. The van der Waals surface area contributed by atoms with Crippen molar-refractivity contribution in [3.63, 3.8) is 0 Å². The molecule has 1 amide bonds. The molecule has 19 heavy (non-hydrogen) atoms. The van der Waals surface area contributed by atoms with Crippen LogP contribution in [0.15, 0.2) is 46.9 Å². The molecule has 0 aliphatic rings. The minimum Gasteiger partial charge on any atom is -0.398 e. The van der Waals surface area contributed by atoms with E-state index in [2.05, 4.69) is 21.2 Å². The number of nitrogen functional groups attached to an aromatic ring is 1. The smallest absolute Gasteiger partial charge is 0.228 e. The number of nitrogens with two attached hydrogens (primary N) is 1. The number of amides is 1. The van der Waals surface area contributed by atoms with Crippen LogP contribution in [0.5, 0.6) is 0 Å². The second-order valence-electron chi connectivity index (χ2n) is 4.41. The number of nitrogens with one attached hydrogen (secondary N) is 1. The molecule has 0 bridgehead atoms. The van der Waals surface area contributed by atoms with Gasteiger partial charge in [-0.1, -0.05) is 24.3 Å². The molecular formula is C15H15BrN2O. The molecular weight excluding hydrogens is 304 g/mol. The van der Waals surface area contributed by atoms with Gasteiger partial charge in [-0.2, -0.15) is 0 Å². The van der Waals surface area contributed by atoms with Gasteiger partial charge in [-0.25, -0.2) is 0 Å². The van der Waals surface area contributed by atoms with E-state index in [1.807, 2.05) is 43.3 Å². The van der Waals surface area contributed by atoms with E-state index < -0.39 is 0 Å². The second-order valence-corrected chi connectivity index (χ2v) is 5.26. The minimum absolute atomic E-state index is 0.0794. The Morgan fingerprint density at radius 1 is 1.26 bits per heavy atom. The molecule has 0 radical (unpaired) electrons. The van der Waals surface area contributed by atoms with E-state index in [0.717, 1.165) is 21.3 Å². The van der Waals surface area contributed by atoms with Gasteiger partial charge in [0.1, 0.15) is 0 Å². The molecule has 3 nitrogen and oxygen atoms in total. The van der Waals surface area contributed by atoms with Gasteiger partial charge in [-0.3, -0.25) is 4.79 Å². The molecule has 2 aromatic rings. The first-order valence-electron chi connectivity index (χ1n) is 5.95. The lowest BCUT2D eigenvalue weighted by Crippen LogP contribution is -2.15. The molecule has 98 valence electrons. The molecule has 0 aliphatic heterocycles. The summed E-state index contributed by atoms with van der Waals surface area (Å²) >= 11 is 3.42. The van der Waals surface area contributed by atoms with Crippen molar-refractivity contribution < 1.29 is 4.79 Å². The molecule has 0 aliphatic carbocycles. The minimum atomic E-state index is -0.0794. The Morgan fingerprint density at radius 2 is 2.00 bits per heavy atom. The summed E-state index contributed by atoms with van der Waals surface area (Å²) in [6.07, 6.45) is 0.271. The fourth-order valence-corrected chi connectivity index (χ4v) is 2.14. The number of halogens is 1. The average molecular weight is 319 g/mol. The Kier molecular flexibility index (Phi) is 4.22. The van der Waals surface area contributed by atoms with Gasteiger partial charge in [0.05, 0.1) is 12.1 Å². The molecule has 0 spiro atoms. The van der Waals surface area contributed by atoms with Crippen molar-refractivity contribution in [2.75, 3.05) is 11.1 Å². The van der Waals surface area contributed by atoms with E-state index in [1.165, 1.54) is 0 Å². The van der Waals surface area contributed by atoms with Gasteiger partial charge in [-0.15, -0.1) is 0 Å². The van der Waals surface area contributed by atoms with Gasteiger partial charge in [0.15, 0.2) is 0 Å². The van der Waals surface area contributed by atoms with Crippen LogP contribution < -0.4 is 11.1 Å². The third-order valence-corrected chi connectivity index (χ3v) is 3.49. The van der Waals surface area contributed by atoms with Gasteiger partial charge in [0.25, 0.3) is 0 Å². The zero-order valence-corrected chi connectivity index (χ0v) is 12.2. The highest BCUT2D eigenvalue weighted by Gasteiger charge is 2.08. The van der Waals surface area contributed by atoms with E-state index in [-0.39, 0.29) is 12.3 Å². The number of benzene rings is 2. The molecule has 0 heterocycles. The van der Waals surface area contributed by atoms with Crippen LogP contribution in [0.1, 0.15) is 11.1 Å². The maximum Gasteiger partial charge on any atom is 0.228 e. The van der Waals surface area contributed by atoms with E-state index in [4.69, 9.17) is 5.73 Å². The van der Waals surface area contributed by atoms with Crippen LogP contribution in [0.2, 0.25) is 0 Å². The van der Waals surface area contributed by atoms with Gasteiger partial charge < -0.3 is 11.1 Å². The first kappa shape index (κ1) is 13.6. The molecule has 4 heteroatoms.